The molecule has 0 radical (unpaired) electrons. The lowest BCUT2D eigenvalue weighted by atomic mass is 10.1. The van der Waals surface area contributed by atoms with Crippen LogP contribution in [0.3, 0.4) is 0 Å². The molecule has 0 spiro atoms. The second-order valence-corrected chi connectivity index (χ2v) is 22.9. The predicted octanol–water partition coefficient (Wildman–Crippen LogP) is 18.6. The first-order chi connectivity index (χ1) is 35.9. The second-order valence-electron chi connectivity index (χ2n) is 21.5. The Morgan fingerprint density at radius 2 is 0.865 bits per heavy atom. The maximum absolute atomic E-state index is 13.5. The van der Waals surface area contributed by atoms with Crippen molar-refractivity contribution in [2.24, 2.45) is 0 Å². The van der Waals surface area contributed by atoms with E-state index >= 15 is 0 Å². The highest BCUT2D eigenvalue weighted by atomic mass is 31.2. The average Bonchev–Trinajstić information content (AvgIpc) is 3.36. The van der Waals surface area contributed by atoms with E-state index in [0.29, 0.717) is 23.9 Å². The lowest BCUT2D eigenvalue weighted by Crippen LogP contribution is -2.47. The van der Waals surface area contributed by atoms with Crippen molar-refractivity contribution in [2.75, 3.05) is 40.9 Å². The Hall–Kier alpha value is -2.81. The van der Waals surface area contributed by atoms with E-state index in [1.165, 1.54) is 109 Å². The van der Waals surface area contributed by atoms with Gasteiger partial charge in [0.25, 0.3) is 0 Å². The second kappa shape index (κ2) is 53.6. The number of quaternary nitrogens is 1. The molecule has 0 fully saturated rings. The van der Waals surface area contributed by atoms with Crippen LogP contribution in [0.5, 0.6) is 0 Å². The highest BCUT2D eigenvalue weighted by molar-refractivity contribution is 7.47. The fourth-order valence-electron chi connectivity index (χ4n) is 8.37. The molecule has 3 atom stereocenters. The molecular weight excluding hydrogens is 940 g/mol. The molecule has 0 aliphatic rings. The fraction of sp³-hybridized carbons (Fsp3) is 0.750. The summed E-state index contributed by atoms with van der Waals surface area (Å²) in [6.07, 6.45) is 70.1. The van der Waals surface area contributed by atoms with Crippen LogP contribution in [0.15, 0.2) is 85.1 Å². The van der Waals surface area contributed by atoms with Crippen molar-refractivity contribution in [3.05, 3.63) is 85.1 Å². The van der Waals surface area contributed by atoms with Gasteiger partial charge in [-0.2, -0.15) is 0 Å². The first kappa shape index (κ1) is 71.2. The van der Waals surface area contributed by atoms with Crippen molar-refractivity contribution in [1.29, 1.82) is 0 Å². The Morgan fingerprint density at radius 1 is 0.486 bits per heavy atom. The van der Waals surface area contributed by atoms with Crippen LogP contribution < -0.4 is 5.32 Å². The zero-order valence-corrected chi connectivity index (χ0v) is 49.7. The van der Waals surface area contributed by atoms with Gasteiger partial charge >= 0.3 is 13.8 Å². The molecule has 0 bridgehead atoms. The van der Waals surface area contributed by atoms with Crippen LogP contribution in [-0.4, -0.2) is 74.3 Å². The molecule has 0 aliphatic carbocycles. The zero-order chi connectivity index (χ0) is 54.3. The molecule has 1 amide bonds. The van der Waals surface area contributed by atoms with Gasteiger partial charge in [0.05, 0.1) is 33.8 Å². The molecule has 0 aromatic rings. The Labute approximate surface area is 456 Å². The summed E-state index contributed by atoms with van der Waals surface area (Å²) in [7, 11) is 1.47. The Morgan fingerprint density at radius 3 is 1.32 bits per heavy atom. The van der Waals surface area contributed by atoms with Gasteiger partial charge in [-0.1, -0.05) is 228 Å². The van der Waals surface area contributed by atoms with Crippen LogP contribution in [0, 0.1) is 0 Å². The first-order valence-corrected chi connectivity index (χ1v) is 31.9. The number of nitrogens with zero attached hydrogens (tertiary/aromatic N) is 1. The fourth-order valence-corrected chi connectivity index (χ4v) is 9.11. The number of ether oxygens (including phenoxy) is 1. The lowest BCUT2D eigenvalue weighted by Gasteiger charge is -2.27. The third-order valence-corrected chi connectivity index (χ3v) is 14.1. The SMILES string of the molecule is CC/C=C\C/C=C\C/C=C\C/C=C\C/C=C\CCCCCCCCCC(=O)NC(COP(=O)(O)OCC[N+](C)(C)C)C(/C=C\CCCCCCCCCCC)OC(=O)CCCCC/C=C\CCCCCCCCC. The van der Waals surface area contributed by atoms with E-state index in [2.05, 4.69) is 99.0 Å². The van der Waals surface area contributed by atoms with Crippen molar-refractivity contribution >= 4 is 19.7 Å². The number of esters is 1. The number of allylic oxidation sites excluding steroid dienone is 13. The topological polar surface area (TPSA) is 111 Å². The third kappa shape index (κ3) is 54.0. The molecular formula is C64H116N2O7P+. The molecule has 0 aromatic carbocycles. The standard InChI is InChI=1S/C64H115N2O7P/c1-7-10-13-16-19-22-25-27-29-30-31-32-33-34-35-36-37-38-41-44-47-50-53-56-63(67)65-61(60-72-74(69,70)71-59-58-66(4,5)6)62(55-52-49-46-43-40-24-21-18-15-12-9-3)73-64(68)57-54-51-48-45-42-39-28-26-23-20-17-14-11-8-2/h10,13,19,22,27,29,31-32,34-35,39,42,52,55,61-62H,7-9,11-12,14-18,20-21,23-26,28,30,33,36-38,40-41,43-51,53-54,56-60H2,1-6H3,(H-,65,67,69,70)/p+1/b13-10-,22-19-,29-27-,32-31-,35-34-,42-39-,55-52-. The highest BCUT2D eigenvalue weighted by Crippen LogP contribution is 2.43. The summed E-state index contributed by atoms with van der Waals surface area (Å²) in [6, 6.07) is -0.863. The molecule has 0 saturated carbocycles. The summed E-state index contributed by atoms with van der Waals surface area (Å²) in [4.78, 5) is 37.6. The van der Waals surface area contributed by atoms with Crippen LogP contribution in [0.25, 0.3) is 0 Å². The number of hydrogen-bond acceptors (Lipinski definition) is 6. The smallest absolute Gasteiger partial charge is 0.456 e. The van der Waals surface area contributed by atoms with E-state index in [0.717, 1.165) is 109 Å². The van der Waals surface area contributed by atoms with E-state index < -0.39 is 20.0 Å². The van der Waals surface area contributed by atoms with E-state index in [4.69, 9.17) is 13.8 Å². The summed E-state index contributed by atoms with van der Waals surface area (Å²) in [5, 5.41) is 3.04. The molecule has 9 nitrogen and oxygen atoms in total. The van der Waals surface area contributed by atoms with Crippen molar-refractivity contribution in [1.82, 2.24) is 5.32 Å². The highest BCUT2D eigenvalue weighted by Gasteiger charge is 2.30. The van der Waals surface area contributed by atoms with Crippen molar-refractivity contribution in [2.45, 2.75) is 270 Å². The predicted molar refractivity (Wildman–Crippen MR) is 318 cm³/mol. The van der Waals surface area contributed by atoms with Gasteiger partial charge in [-0.15, -0.1) is 0 Å². The number of phosphoric ester groups is 1. The van der Waals surface area contributed by atoms with E-state index in [1.807, 2.05) is 33.3 Å². The van der Waals surface area contributed by atoms with Crippen LogP contribution in [-0.2, 0) is 27.9 Å². The average molecular weight is 1060 g/mol. The summed E-state index contributed by atoms with van der Waals surface area (Å²) in [6.45, 7) is 6.87. The maximum Gasteiger partial charge on any atom is 0.472 e. The van der Waals surface area contributed by atoms with Gasteiger partial charge in [0.1, 0.15) is 19.3 Å². The Kier molecular flexibility index (Phi) is 51.5. The van der Waals surface area contributed by atoms with Gasteiger partial charge < -0.3 is 19.4 Å². The minimum absolute atomic E-state index is 0.0324. The Balaban J connectivity index is 5.23. The third-order valence-electron chi connectivity index (χ3n) is 13.1. The minimum atomic E-state index is -4.45. The molecule has 0 aliphatic heterocycles. The number of likely N-dealkylation sites (N-methyl/N-ethyl adjacent to an activating group) is 1. The first-order valence-electron chi connectivity index (χ1n) is 30.4. The number of hydrogen-bond donors (Lipinski definition) is 2. The van der Waals surface area contributed by atoms with Crippen LogP contribution in [0.4, 0.5) is 0 Å². The Bertz CT molecular complexity index is 1540. The molecule has 428 valence electrons. The van der Waals surface area contributed by atoms with Gasteiger partial charge in [0, 0.05) is 12.8 Å². The molecule has 3 unspecified atom stereocenters. The van der Waals surface area contributed by atoms with Gasteiger partial charge in [0.2, 0.25) is 5.91 Å². The van der Waals surface area contributed by atoms with Gasteiger partial charge in [-0.3, -0.25) is 18.6 Å². The largest absolute Gasteiger partial charge is 0.472 e. The molecule has 2 N–H and O–H groups in total. The van der Waals surface area contributed by atoms with Crippen molar-refractivity contribution in [3.63, 3.8) is 0 Å². The number of carbonyl (C=O) groups is 2. The molecule has 74 heavy (non-hydrogen) atoms. The normalized spacial score (nSPS) is 14.3. The van der Waals surface area contributed by atoms with Gasteiger partial charge in [0.15, 0.2) is 0 Å². The molecule has 0 saturated heterocycles. The summed E-state index contributed by atoms with van der Waals surface area (Å²) in [5.74, 6) is -0.538. The van der Waals surface area contributed by atoms with Crippen LogP contribution >= 0.6 is 7.82 Å². The van der Waals surface area contributed by atoms with Crippen LogP contribution in [0.2, 0.25) is 0 Å². The molecule has 0 aromatic heterocycles. The number of phosphoric acid groups is 1. The minimum Gasteiger partial charge on any atom is -0.456 e. The molecule has 0 heterocycles. The number of unbranched alkanes of at least 4 members (excludes halogenated alkanes) is 26. The van der Waals surface area contributed by atoms with E-state index in [1.54, 1.807) is 0 Å². The van der Waals surface area contributed by atoms with Gasteiger partial charge in [-0.05, 0) is 102 Å². The molecule has 0 rings (SSSR count). The van der Waals surface area contributed by atoms with Crippen molar-refractivity contribution < 1.29 is 37.3 Å². The van der Waals surface area contributed by atoms with Crippen LogP contribution in [0.1, 0.15) is 258 Å². The number of nitrogens with one attached hydrogen (secondary N) is 1. The number of amides is 1. The summed E-state index contributed by atoms with van der Waals surface area (Å²) >= 11 is 0. The van der Waals surface area contributed by atoms with E-state index in [9.17, 15) is 19.0 Å². The van der Waals surface area contributed by atoms with Crippen molar-refractivity contribution in [3.8, 4) is 0 Å². The van der Waals surface area contributed by atoms with Gasteiger partial charge in [-0.25, -0.2) is 4.57 Å². The summed E-state index contributed by atoms with van der Waals surface area (Å²) < 4.78 is 30.6. The zero-order valence-electron chi connectivity index (χ0n) is 48.8. The maximum atomic E-state index is 13.5. The summed E-state index contributed by atoms with van der Waals surface area (Å²) in [5.41, 5.74) is 0. The lowest BCUT2D eigenvalue weighted by molar-refractivity contribution is -0.870. The molecule has 10 heteroatoms. The quantitative estimate of drug-likeness (QED) is 0.0205. The van der Waals surface area contributed by atoms with E-state index in [-0.39, 0.29) is 31.5 Å². The number of rotatable bonds is 54. The monoisotopic (exact) mass is 1060 g/mol. The number of carbonyl (C=O) groups excluding carboxylic acids is 2.